The highest BCUT2D eigenvalue weighted by Gasteiger charge is 2.53. The van der Waals surface area contributed by atoms with Crippen molar-refractivity contribution < 1.29 is 24.2 Å². The Morgan fingerprint density at radius 2 is 1.67 bits per heavy atom. The lowest BCUT2D eigenvalue weighted by atomic mass is 9.68. The molecule has 3 aliphatic rings. The van der Waals surface area contributed by atoms with E-state index >= 15 is 0 Å². The van der Waals surface area contributed by atoms with Crippen molar-refractivity contribution in [2.45, 2.75) is 63.3 Å². The van der Waals surface area contributed by atoms with Crippen LogP contribution >= 0.6 is 0 Å². The van der Waals surface area contributed by atoms with Crippen molar-refractivity contribution in [3.05, 3.63) is 65.7 Å². The number of rotatable bonds is 7. The molecule has 0 saturated heterocycles. The first-order valence-corrected chi connectivity index (χ1v) is 11.7. The topological polar surface area (TPSA) is 87.2 Å². The number of carboxylic acids is 1. The van der Waals surface area contributed by atoms with Crippen LogP contribution in [-0.2, 0) is 20.9 Å². The fourth-order valence-electron chi connectivity index (χ4n) is 5.22. The maximum Gasteiger partial charge on any atom is 0.414 e. The van der Waals surface area contributed by atoms with Gasteiger partial charge >= 0.3 is 12.1 Å². The summed E-state index contributed by atoms with van der Waals surface area (Å²) in [5.74, 6) is -0.944. The highest BCUT2D eigenvalue weighted by Crippen LogP contribution is 2.54. The number of nitrogens with zero attached hydrogens (tertiary/aromatic N) is 2. The zero-order valence-corrected chi connectivity index (χ0v) is 18.4. The predicted octanol–water partition coefficient (Wildman–Crippen LogP) is 4.52. The average Bonchev–Trinajstić information content (AvgIpc) is 3.63. The molecule has 2 saturated carbocycles. The number of hydrogen-bond acceptors (Lipinski definition) is 4. The fourth-order valence-corrected chi connectivity index (χ4v) is 5.22. The SMILES string of the molecule is O=C(O)CCC(=O)N(C1CC1)[C@@H]1c2ccccc2N(C(=O)OCc2ccccc2)[C@@H]2CC[C@@H]21. The maximum atomic E-state index is 13.2. The third kappa shape index (κ3) is 4.19. The van der Waals surface area contributed by atoms with E-state index in [1.54, 1.807) is 4.90 Å². The Hall–Kier alpha value is -3.35. The predicted molar refractivity (Wildman–Crippen MR) is 122 cm³/mol. The normalized spacial score (nSPS) is 23.0. The third-order valence-electron chi connectivity index (χ3n) is 7.02. The molecule has 1 heterocycles. The van der Waals surface area contributed by atoms with Gasteiger partial charge in [-0.25, -0.2) is 4.79 Å². The second kappa shape index (κ2) is 8.89. The quantitative estimate of drug-likeness (QED) is 0.673. The number of para-hydroxylation sites is 1. The summed E-state index contributed by atoms with van der Waals surface area (Å²) in [6, 6.07) is 17.4. The number of fused-ring (bicyclic) bond motifs is 2. The minimum absolute atomic E-state index is 0.00468. The van der Waals surface area contributed by atoms with Crippen LogP contribution < -0.4 is 4.90 Å². The van der Waals surface area contributed by atoms with E-state index in [9.17, 15) is 14.4 Å². The van der Waals surface area contributed by atoms with Gasteiger partial charge in [0.2, 0.25) is 5.91 Å². The van der Waals surface area contributed by atoms with Crippen LogP contribution in [0, 0.1) is 5.92 Å². The molecule has 0 aromatic heterocycles. The molecule has 0 radical (unpaired) electrons. The minimum atomic E-state index is -0.961. The van der Waals surface area contributed by atoms with Crippen molar-refractivity contribution in [2.24, 2.45) is 5.92 Å². The summed E-state index contributed by atoms with van der Waals surface area (Å²) in [7, 11) is 0. The van der Waals surface area contributed by atoms with Gasteiger partial charge in [-0.05, 0) is 42.9 Å². The van der Waals surface area contributed by atoms with Crippen molar-refractivity contribution in [1.29, 1.82) is 0 Å². The zero-order valence-electron chi connectivity index (χ0n) is 18.4. The standard InChI is InChI=1S/C26H28N2O5/c29-23(14-15-24(30)31)27(18-10-11-18)25-19-8-4-5-9-21(19)28(22-13-12-20(22)25)26(32)33-16-17-6-2-1-3-7-17/h1-9,18,20,22,25H,10-16H2,(H,30,31)/t20-,22+,25+/m0/s1. The molecule has 1 N–H and O–H groups in total. The summed E-state index contributed by atoms with van der Waals surface area (Å²) in [5.41, 5.74) is 2.67. The molecule has 2 amide bonds. The van der Waals surface area contributed by atoms with Crippen LogP contribution in [0.25, 0.3) is 0 Å². The van der Waals surface area contributed by atoms with Crippen LogP contribution in [0.1, 0.15) is 55.7 Å². The van der Waals surface area contributed by atoms with Gasteiger partial charge in [-0.15, -0.1) is 0 Å². The summed E-state index contributed by atoms with van der Waals surface area (Å²) in [6.45, 7) is 0.209. The average molecular weight is 449 g/mol. The lowest BCUT2D eigenvalue weighted by Gasteiger charge is -2.54. The van der Waals surface area contributed by atoms with E-state index in [1.165, 1.54) is 0 Å². The lowest BCUT2D eigenvalue weighted by Crippen LogP contribution is -2.59. The highest BCUT2D eigenvalue weighted by molar-refractivity contribution is 5.91. The molecule has 172 valence electrons. The smallest absolute Gasteiger partial charge is 0.414 e. The summed E-state index contributed by atoms with van der Waals surface area (Å²) in [4.78, 5) is 41.1. The second-order valence-electron chi connectivity index (χ2n) is 9.15. The molecule has 2 fully saturated rings. The van der Waals surface area contributed by atoms with E-state index in [2.05, 4.69) is 0 Å². The Kier molecular flexibility index (Phi) is 5.79. The monoisotopic (exact) mass is 448 g/mol. The number of carbonyl (C=O) groups excluding carboxylic acids is 2. The van der Waals surface area contributed by atoms with Gasteiger partial charge in [0.05, 0.1) is 18.2 Å². The molecule has 7 heteroatoms. The fraction of sp³-hybridized carbons (Fsp3) is 0.423. The first-order valence-electron chi connectivity index (χ1n) is 11.7. The van der Waals surface area contributed by atoms with Gasteiger partial charge in [0.25, 0.3) is 0 Å². The largest absolute Gasteiger partial charge is 0.481 e. The van der Waals surface area contributed by atoms with Crippen molar-refractivity contribution in [2.75, 3.05) is 4.90 Å². The lowest BCUT2D eigenvalue weighted by molar-refractivity contribution is -0.143. The highest BCUT2D eigenvalue weighted by atomic mass is 16.6. The Labute approximate surface area is 192 Å². The van der Waals surface area contributed by atoms with Gasteiger partial charge in [0, 0.05) is 24.4 Å². The van der Waals surface area contributed by atoms with Crippen LogP contribution in [0.15, 0.2) is 54.6 Å². The van der Waals surface area contributed by atoms with Crippen LogP contribution in [0.3, 0.4) is 0 Å². The Balaban J connectivity index is 1.42. The molecule has 0 bridgehead atoms. The Bertz CT molecular complexity index is 1050. The van der Waals surface area contributed by atoms with Gasteiger partial charge in [-0.3, -0.25) is 14.5 Å². The van der Waals surface area contributed by atoms with E-state index in [1.807, 2.05) is 59.5 Å². The van der Waals surface area contributed by atoms with Gasteiger partial charge in [-0.1, -0.05) is 48.5 Å². The summed E-state index contributed by atoms with van der Waals surface area (Å²) >= 11 is 0. The number of aliphatic carboxylic acids is 1. The van der Waals surface area contributed by atoms with E-state index in [4.69, 9.17) is 9.84 Å². The van der Waals surface area contributed by atoms with Crippen LogP contribution in [0.5, 0.6) is 0 Å². The number of hydrogen-bond donors (Lipinski definition) is 1. The molecule has 0 spiro atoms. The summed E-state index contributed by atoms with van der Waals surface area (Å²) < 4.78 is 5.69. The number of carbonyl (C=O) groups is 3. The van der Waals surface area contributed by atoms with Crippen molar-refractivity contribution >= 4 is 23.7 Å². The number of benzene rings is 2. The van der Waals surface area contributed by atoms with Crippen molar-refractivity contribution in [3.8, 4) is 0 Å². The van der Waals surface area contributed by atoms with Gasteiger partial charge < -0.3 is 14.7 Å². The van der Waals surface area contributed by atoms with Gasteiger partial charge in [0.15, 0.2) is 0 Å². The molecule has 7 nitrogen and oxygen atoms in total. The molecule has 2 aromatic rings. The van der Waals surface area contributed by atoms with Crippen molar-refractivity contribution in [3.63, 3.8) is 0 Å². The van der Waals surface area contributed by atoms with Gasteiger partial charge in [-0.2, -0.15) is 0 Å². The number of amides is 2. The summed E-state index contributed by atoms with van der Waals surface area (Å²) in [5, 5.41) is 9.07. The third-order valence-corrected chi connectivity index (χ3v) is 7.02. The first-order chi connectivity index (χ1) is 16.0. The Morgan fingerprint density at radius 1 is 0.939 bits per heavy atom. The number of carboxylic acid groups (broad SMARTS) is 1. The van der Waals surface area contributed by atoms with E-state index < -0.39 is 5.97 Å². The molecule has 0 unspecified atom stereocenters. The molecule has 5 rings (SSSR count). The molecule has 1 aliphatic heterocycles. The number of ether oxygens (including phenoxy) is 1. The number of anilines is 1. The van der Waals surface area contributed by atoms with Crippen LogP contribution in [0.4, 0.5) is 10.5 Å². The molecular formula is C26H28N2O5. The Morgan fingerprint density at radius 3 is 2.33 bits per heavy atom. The molecule has 2 aliphatic carbocycles. The van der Waals surface area contributed by atoms with E-state index in [-0.39, 0.29) is 55.5 Å². The second-order valence-corrected chi connectivity index (χ2v) is 9.15. The molecule has 33 heavy (non-hydrogen) atoms. The van der Waals surface area contributed by atoms with E-state index in [0.717, 1.165) is 42.5 Å². The molecule has 2 aromatic carbocycles. The maximum absolute atomic E-state index is 13.2. The van der Waals surface area contributed by atoms with Gasteiger partial charge in [0.1, 0.15) is 6.61 Å². The zero-order chi connectivity index (χ0) is 22.9. The summed E-state index contributed by atoms with van der Waals surface area (Å²) in [6.07, 6.45) is 3.14. The molecule has 3 atom stereocenters. The minimum Gasteiger partial charge on any atom is -0.481 e. The van der Waals surface area contributed by atoms with Crippen molar-refractivity contribution in [1.82, 2.24) is 4.90 Å². The molecular weight excluding hydrogens is 420 g/mol. The van der Waals surface area contributed by atoms with E-state index in [0.29, 0.717) is 0 Å². The first kappa shape index (κ1) is 21.5. The van der Waals surface area contributed by atoms with Crippen LogP contribution in [-0.4, -0.2) is 40.1 Å². The van der Waals surface area contributed by atoms with Crippen LogP contribution in [0.2, 0.25) is 0 Å².